The standard InChI is InChI=1S/C39H47NO3Si2/c1-38(2,3)44(34-19-11-7-12-20-34,35-21-13-8-14-22-35)42-32-27-31(40-30-41)28-33(29-32)43-45(39(4,5)6,36-23-15-9-16-24-36)37-25-17-10-18-26-37/h7-26,31-33H,27-29H2,1-6H3/t31?,32-,33+. The van der Waals surface area contributed by atoms with Crippen molar-refractivity contribution in [2.75, 3.05) is 0 Å². The van der Waals surface area contributed by atoms with Crippen molar-refractivity contribution >= 4 is 43.5 Å². The normalized spacial score (nSPS) is 19.5. The fourth-order valence-electron chi connectivity index (χ4n) is 7.44. The summed E-state index contributed by atoms with van der Waals surface area (Å²) in [4.78, 5) is 16.0. The molecule has 1 aliphatic rings. The van der Waals surface area contributed by atoms with Gasteiger partial charge in [0.2, 0.25) is 6.08 Å². The molecule has 5 rings (SSSR count). The predicted octanol–water partition coefficient (Wildman–Crippen LogP) is 6.77. The molecule has 45 heavy (non-hydrogen) atoms. The van der Waals surface area contributed by atoms with Gasteiger partial charge in [-0.05, 0) is 50.1 Å². The molecule has 6 heteroatoms. The number of isocyanates is 1. The van der Waals surface area contributed by atoms with Crippen LogP contribution in [0.5, 0.6) is 0 Å². The van der Waals surface area contributed by atoms with E-state index in [1.165, 1.54) is 20.7 Å². The third kappa shape index (κ3) is 6.62. The first-order chi connectivity index (χ1) is 21.5. The summed E-state index contributed by atoms with van der Waals surface area (Å²) in [5.41, 5.74) is 0. The zero-order chi connectivity index (χ0) is 32.1. The van der Waals surface area contributed by atoms with E-state index >= 15 is 0 Å². The first-order valence-corrected chi connectivity index (χ1v) is 20.0. The van der Waals surface area contributed by atoms with E-state index in [0.29, 0.717) is 12.8 Å². The van der Waals surface area contributed by atoms with Crippen molar-refractivity contribution in [3.8, 4) is 0 Å². The molecule has 1 unspecified atom stereocenters. The maximum atomic E-state index is 11.7. The summed E-state index contributed by atoms with van der Waals surface area (Å²) in [5.74, 6) is 0. The Hall–Kier alpha value is -3.39. The van der Waals surface area contributed by atoms with Crippen LogP contribution in [0.1, 0.15) is 60.8 Å². The fraction of sp³-hybridized carbons (Fsp3) is 0.359. The molecule has 4 nitrogen and oxygen atoms in total. The SMILES string of the molecule is CC(C)(C)[Si](O[C@@H]1CC(N=C=O)C[C@H](O[Si](c2ccccc2)(c2ccccc2)C(C)(C)C)C1)(c1ccccc1)c1ccccc1. The maximum Gasteiger partial charge on any atom is 0.261 e. The second-order valence-corrected chi connectivity index (χ2v) is 22.9. The predicted molar refractivity (Wildman–Crippen MR) is 191 cm³/mol. The van der Waals surface area contributed by atoms with Gasteiger partial charge in [-0.25, -0.2) is 9.79 Å². The minimum Gasteiger partial charge on any atom is -0.404 e. The van der Waals surface area contributed by atoms with Crippen molar-refractivity contribution in [2.24, 2.45) is 4.99 Å². The van der Waals surface area contributed by atoms with Gasteiger partial charge >= 0.3 is 0 Å². The van der Waals surface area contributed by atoms with E-state index in [-0.39, 0.29) is 28.3 Å². The number of carbonyl (C=O) groups excluding carboxylic acids is 1. The number of rotatable bonds is 9. The molecule has 0 heterocycles. The van der Waals surface area contributed by atoms with E-state index in [2.05, 4.69) is 168 Å². The molecular formula is C39H47NO3Si2. The number of hydrogen-bond donors (Lipinski definition) is 0. The summed E-state index contributed by atoms with van der Waals surface area (Å²) in [7, 11) is -5.65. The highest BCUT2D eigenvalue weighted by atomic mass is 28.4. The average molecular weight is 634 g/mol. The fourth-order valence-corrected chi connectivity index (χ4v) is 16.9. The van der Waals surface area contributed by atoms with Gasteiger partial charge in [0.15, 0.2) is 0 Å². The van der Waals surface area contributed by atoms with Crippen LogP contribution in [0.3, 0.4) is 0 Å². The van der Waals surface area contributed by atoms with Crippen molar-refractivity contribution in [1.29, 1.82) is 0 Å². The minimum absolute atomic E-state index is 0.143. The molecule has 4 aromatic rings. The second kappa shape index (κ2) is 13.5. The van der Waals surface area contributed by atoms with Crippen molar-refractivity contribution in [3.05, 3.63) is 121 Å². The summed E-state index contributed by atoms with van der Waals surface area (Å²) in [6, 6.07) is 42.8. The molecule has 4 aromatic carbocycles. The average Bonchev–Trinajstić information content (AvgIpc) is 3.03. The van der Waals surface area contributed by atoms with Gasteiger partial charge in [0.05, 0.1) is 18.2 Å². The maximum absolute atomic E-state index is 11.7. The van der Waals surface area contributed by atoms with E-state index < -0.39 is 16.6 Å². The van der Waals surface area contributed by atoms with Gasteiger partial charge in [0.1, 0.15) is 0 Å². The van der Waals surface area contributed by atoms with Crippen LogP contribution in [0, 0.1) is 0 Å². The molecule has 234 valence electrons. The summed E-state index contributed by atoms with van der Waals surface area (Å²) < 4.78 is 15.2. The van der Waals surface area contributed by atoms with Gasteiger partial charge in [-0.2, -0.15) is 0 Å². The molecule has 1 fully saturated rings. The molecule has 0 aromatic heterocycles. The lowest BCUT2D eigenvalue weighted by Gasteiger charge is -2.49. The van der Waals surface area contributed by atoms with Crippen molar-refractivity contribution in [1.82, 2.24) is 0 Å². The number of benzene rings is 4. The summed E-state index contributed by atoms with van der Waals surface area (Å²) >= 11 is 0. The van der Waals surface area contributed by atoms with Gasteiger partial charge in [-0.1, -0.05) is 163 Å². The van der Waals surface area contributed by atoms with Crippen molar-refractivity contribution in [3.63, 3.8) is 0 Å². The first-order valence-electron chi connectivity index (χ1n) is 16.2. The zero-order valence-electron chi connectivity index (χ0n) is 27.6. The van der Waals surface area contributed by atoms with Gasteiger partial charge in [0, 0.05) is 0 Å². The number of nitrogens with zero attached hydrogens (tertiary/aromatic N) is 1. The van der Waals surface area contributed by atoms with Gasteiger partial charge in [-0.3, -0.25) is 0 Å². The summed E-state index contributed by atoms with van der Waals surface area (Å²) in [6.45, 7) is 13.8. The highest BCUT2D eigenvalue weighted by molar-refractivity contribution is 7.00. The van der Waals surface area contributed by atoms with E-state index in [0.717, 1.165) is 6.42 Å². The third-order valence-electron chi connectivity index (χ3n) is 9.35. The van der Waals surface area contributed by atoms with Crippen molar-refractivity contribution < 1.29 is 13.6 Å². The van der Waals surface area contributed by atoms with E-state index in [1.807, 2.05) is 6.08 Å². The highest BCUT2D eigenvalue weighted by Gasteiger charge is 2.54. The van der Waals surface area contributed by atoms with Crippen LogP contribution >= 0.6 is 0 Å². The molecule has 1 aliphatic carbocycles. The zero-order valence-corrected chi connectivity index (χ0v) is 29.6. The lowest BCUT2D eigenvalue weighted by atomic mass is 9.91. The Morgan fingerprint density at radius 2 is 0.822 bits per heavy atom. The minimum atomic E-state index is -2.83. The van der Waals surface area contributed by atoms with Gasteiger partial charge in [-0.15, -0.1) is 0 Å². The van der Waals surface area contributed by atoms with E-state index in [9.17, 15) is 4.79 Å². The Morgan fingerprint density at radius 1 is 0.533 bits per heavy atom. The molecule has 0 spiro atoms. The molecule has 1 saturated carbocycles. The summed E-state index contributed by atoms with van der Waals surface area (Å²) in [6.07, 6.45) is 3.66. The van der Waals surface area contributed by atoms with Crippen LogP contribution in [-0.4, -0.2) is 41.0 Å². The Bertz CT molecular complexity index is 1370. The van der Waals surface area contributed by atoms with Gasteiger partial charge in [0.25, 0.3) is 16.6 Å². The van der Waals surface area contributed by atoms with Crippen LogP contribution in [0.4, 0.5) is 0 Å². The molecule has 0 N–H and O–H groups in total. The van der Waals surface area contributed by atoms with Crippen LogP contribution in [-0.2, 0) is 13.6 Å². The Labute approximate surface area is 271 Å². The van der Waals surface area contributed by atoms with Crippen LogP contribution in [0.2, 0.25) is 10.1 Å². The largest absolute Gasteiger partial charge is 0.404 e. The molecule has 3 atom stereocenters. The lowest BCUT2D eigenvalue weighted by Crippen LogP contribution is -2.69. The number of aliphatic imine (C=N–C) groups is 1. The van der Waals surface area contributed by atoms with E-state index in [4.69, 9.17) is 8.85 Å². The smallest absolute Gasteiger partial charge is 0.261 e. The van der Waals surface area contributed by atoms with Crippen LogP contribution in [0.25, 0.3) is 0 Å². The lowest BCUT2D eigenvalue weighted by molar-refractivity contribution is 0.0485. The third-order valence-corrected chi connectivity index (χ3v) is 19.5. The molecule has 0 radical (unpaired) electrons. The summed E-state index contributed by atoms with van der Waals surface area (Å²) in [5, 5.41) is 4.65. The highest BCUT2D eigenvalue weighted by Crippen LogP contribution is 2.42. The molecule has 0 amide bonds. The first kappa shape index (κ1) is 33.0. The van der Waals surface area contributed by atoms with Crippen LogP contribution < -0.4 is 20.7 Å². The monoisotopic (exact) mass is 633 g/mol. The van der Waals surface area contributed by atoms with Crippen molar-refractivity contribution in [2.45, 2.75) is 89.1 Å². The molecule has 0 aliphatic heterocycles. The topological polar surface area (TPSA) is 47.9 Å². The quantitative estimate of drug-likeness (QED) is 0.116. The van der Waals surface area contributed by atoms with Gasteiger partial charge < -0.3 is 8.85 Å². The number of hydrogen-bond acceptors (Lipinski definition) is 4. The second-order valence-electron chi connectivity index (χ2n) is 14.4. The molecule has 0 bridgehead atoms. The molecular weight excluding hydrogens is 587 g/mol. The Balaban J connectivity index is 1.61. The van der Waals surface area contributed by atoms with Crippen LogP contribution in [0.15, 0.2) is 126 Å². The van der Waals surface area contributed by atoms with E-state index in [1.54, 1.807) is 0 Å². The Morgan fingerprint density at radius 3 is 1.07 bits per heavy atom. The molecule has 0 saturated heterocycles. The Kier molecular flexibility index (Phi) is 9.92.